The zero-order valence-corrected chi connectivity index (χ0v) is 28.5. The maximum atomic E-state index is 14.9. The molecule has 0 aliphatic heterocycles. The average molecular weight is 671 g/mol. The molecule has 10 aromatic rings. The third-order valence-corrected chi connectivity index (χ3v) is 13.3. The molecular formula is C47H31N2OP. The molecule has 0 N–H and O–H groups in total. The third kappa shape index (κ3) is 4.66. The lowest BCUT2D eigenvalue weighted by molar-refractivity contribution is 0.592. The van der Waals surface area contributed by atoms with Gasteiger partial charge >= 0.3 is 0 Å². The Bertz CT molecular complexity index is 2940. The standard InChI is InChI=1S/C47H31N2OP/c50-51(37-15-3-1-4-16-37,38-17-5-2-6-18-38)39-26-22-32(23-27-39)34-13-11-14-35(30-34)36-25-28-41-45(31-36)49-44-21-10-9-20-43(44)48-47(49)42-29-24-33-12-7-8-19-40(33)46(41)42/h1-31H. The van der Waals surface area contributed by atoms with Gasteiger partial charge in [-0.15, -0.1) is 0 Å². The van der Waals surface area contributed by atoms with E-state index in [1.54, 1.807) is 0 Å². The fourth-order valence-corrected chi connectivity index (χ4v) is 10.4. The van der Waals surface area contributed by atoms with Crippen molar-refractivity contribution in [1.29, 1.82) is 0 Å². The summed E-state index contributed by atoms with van der Waals surface area (Å²) in [6, 6.07) is 64.9. The van der Waals surface area contributed by atoms with E-state index in [-0.39, 0.29) is 0 Å². The van der Waals surface area contributed by atoms with E-state index in [2.05, 4.69) is 120 Å². The van der Waals surface area contributed by atoms with Crippen molar-refractivity contribution in [2.45, 2.75) is 0 Å². The Morgan fingerprint density at radius 2 is 1.00 bits per heavy atom. The highest BCUT2D eigenvalue weighted by Crippen LogP contribution is 2.43. The van der Waals surface area contributed by atoms with Gasteiger partial charge in [0.25, 0.3) is 0 Å². The Hall–Kier alpha value is -6.28. The van der Waals surface area contributed by atoms with Crippen molar-refractivity contribution in [3.63, 3.8) is 0 Å². The number of benzene rings is 8. The van der Waals surface area contributed by atoms with E-state index in [9.17, 15) is 4.57 Å². The Kier molecular flexibility index (Phi) is 6.77. The predicted molar refractivity (Wildman–Crippen MR) is 215 cm³/mol. The van der Waals surface area contributed by atoms with Crippen LogP contribution in [0.25, 0.3) is 71.4 Å². The van der Waals surface area contributed by atoms with Gasteiger partial charge in [0, 0.05) is 32.1 Å². The van der Waals surface area contributed by atoms with Crippen LogP contribution in [0.5, 0.6) is 0 Å². The van der Waals surface area contributed by atoms with Crippen LogP contribution in [-0.4, -0.2) is 9.38 Å². The second kappa shape index (κ2) is 11.7. The molecule has 0 bridgehead atoms. The van der Waals surface area contributed by atoms with Crippen LogP contribution in [0.4, 0.5) is 0 Å². The molecule has 0 fully saturated rings. The number of aromatic nitrogens is 2. The number of rotatable bonds is 5. The van der Waals surface area contributed by atoms with E-state index in [0.29, 0.717) is 0 Å². The van der Waals surface area contributed by atoms with Crippen LogP contribution in [0.1, 0.15) is 0 Å². The van der Waals surface area contributed by atoms with Crippen LogP contribution >= 0.6 is 7.14 Å². The minimum atomic E-state index is -3.04. The van der Waals surface area contributed by atoms with E-state index in [0.717, 1.165) is 65.8 Å². The molecule has 8 aromatic carbocycles. The molecule has 4 heteroatoms. The van der Waals surface area contributed by atoms with Gasteiger partial charge in [-0.25, -0.2) is 4.98 Å². The van der Waals surface area contributed by atoms with Crippen LogP contribution in [0.2, 0.25) is 0 Å². The molecule has 0 aliphatic carbocycles. The second-order valence-electron chi connectivity index (χ2n) is 13.1. The molecule has 2 aromatic heterocycles. The van der Waals surface area contributed by atoms with Crippen LogP contribution in [0.15, 0.2) is 188 Å². The van der Waals surface area contributed by atoms with Gasteiger partial charge in [-0.1, -0.05) is 158 Å². The summed E-state index contributed by atoms with van der Waals surface area (Å²) >= 11 is 0. The van der Waals surface area contributed by atoms with E-state index in [4.69, 9.17) is 4.98 Å². The molecule has 0 aliphatic rings. The largest absolute Gasteiger partial charge is 0.309 e. The lowest BCUT2D eigenvalue weighted by atomic mass is 9.95. The van der Waals surface area contributed by atoms with Gasteiger partial charge in [0.1, 0.15) is 5.65 Å². The zero-order valence-electron chi connectivity index (χ0n) is 27.6. The Balaban J connectivity index is 1.11. The Morgan fingerprint density at radius 1 is 0.412 bits per heavy atom. The van der Waals surface area contributed by atoms with Gasteiger partial charge in [-0.2, -0.15) is 0 Å². The number of pyridine rings is 1. The molecule has 0 saturated heterocycles. The topological polar surface area (TPSA) is 34.4 Å². The Morgan fingerprint density at radius 3 is 1.76 bits per heavy atom. The first-order valence-electron chi connectivity index (χ1n) is 17.2. The molecule has 51 heavy (non-hydrogen) atoms. The highest BCUT2D eigenvalue weighted by Gasteiger charge is 2.29. The van der Waals surface area contributed by atoms with Gasteiger partial charge in [0.2, 0.25) is 0 Å². The summed E-state index contributed by atoms with van der Waals surface area (Å²) in [4.78, 5) is 5.16. The van der Waals surface area contributed by atoms with Crippen molar-refractivity contribution >= 4 is 72.2 Å². The number of fused-ring (bicyclic) bond motifs is 10. The molecule has 0 saturated carbocycles. The lowest BCUT2D eigenvalue weighted by Gasteiger charge is -2.20. The minimum absolute atomic E-state index is 0.825. The smallest absolute Gasteiger partial charge is 0.171 e. The van der Waals surface area contributed by atoms with Crippen molar-refractivity contribution < 1.29 is 4.57 Å². The third-order valence-electron chi connectivity index (χ3n) is 10.2. The predicted octanol–water partition coefficient (Wildman–Crippen LogP) is 10.9. The highest BCUT2D eigenvalue weighted by molar-refractivity contribution is 7.85. The van der Waals surface area contributed by atoms with Crippen LogP contribution in [0, 0.1) is 0 Å². The highest BCUT2D eigenvalue weighted by atomic mass is 31.2. The van der Waals surface area contributed by atoms with Crippen molar-refractivity contribution in [2.24, 2.45) is 0 Å². The Labute approximate surface area is 295 Å². The molecule has 0 spiro atoms. The van der Waals surface area contributed by atoms with Crippen LogP contribution < -0.4 is 15.9 Å². The molecule has 2 heterocycles. The fraction of sp³-hybridized carbons (Fsp3) is 0. The van der Waals surface area contributed by atoms with E-state index in [1.807, 2.05) is 72.8 Å². The van der Waals surface area contributed by atoms with Gasteiger partial charge in [-0.3, -0.25) is 4.40 Å². The van der Waals surface area contributed by atoms with Gasteiger partial charge in [0.05, 0.1) is 16.6 Å². The summed E-state index contributed by atoms with van der Waals surface area (Å²) in [6.45, 7) is 0. The number of hydrogen-bond donors (Lipinski definition) is 0. The first kappa shape index (κ1) is 29.6. The number of hydrogen-bond acceptors (Lipinski definition) is 2. The van der Waals surface area contributed by atoms with Gasteiger partial charge in [-0.05, 0) is 63.4 Å². The molecule has 0 radical (unpaired) electrons. The summed E-state index contributed by atoms with van der Waals surface area (Å²) in [5.41, 5.74) is 8.64. The van der Waals surface area contributed by atoms with Crippen molar-refractivity contribution in [2.75, 3.05) is 0 Å². The summed E-state index contributed by atoms with van der Waals surface area (Å²) in [5.74, 6) is 0. The first-order valence-corrected chi connectivity index (χ1v) is 18.9. The molecular weight excluding hydrogens is 640 g/mol. The molecule has 0 unspecified atom stereocenters. The number of imidazole rings is 1. The average Bonchev–Trinajstić information content (AvgIpc) is 3.61. The summed E-state index contributed by atoms with van der Waals surface area (Å²) in [6.07, 6.45) is 0. The van der Waals surface area contributed by atoms with Crippen molar-refractivity contribution in [3.8, 4) is 22.3 Å². The second-order valence-corrected chi connectivity index (χ2v) is 15.9. The quantitative estimate of drug-likeness (QED) is 0.135. The van der Waals surface area contributed by atoms with E-state index in [1.165, 1.54) is 21.5 Å². The van der Waals surface area contributed by atoms with Gasteiger partial charge in [0.15, 0.2) is 7.14 Å². The van der Waals surface area contributed by atoms with E-state index < -0.39 is 7.14 Å². The molecule has 3 nitrogen and oxygen atoms in total. The maximum absolute atomic E-state index is 14.9. The summed E-state index contributed by atoms with van der Waals surface area (Å²) in [7, 11) is -3.04. The van der Waals surface area contributed by atoms with E-state index >= 15 is 0 Å². The fourth-order valence-electron chi connectivity index (χ4n) is 7.77. The summed E-state index contributed by atoms with van der Waals surface area (Å²) < 4.78 is 17.2. The maximum Gasteiger partial charge on any atom is 0.171 e. The SMILES string of the molecule is O=P(c1ccccc1)(c1ccccc1)c1ccc(-c2cccc(-c3ccc4c5c6ccccc6ccc5c5nc6ccccc6n5c4c3)c2)cc1. The first-order chi connectivity index (χ1) is 25.2. The normalized spacial score (nSPS) is 12.0. The van der Waals surface area contributed by atoms with Crippen LogP contribution in [-0.2, 0) is 4.57 Å². The zero-order chi connectivity index (χ0) is 33.9. The summed E-state index contributed by atoms with van der Waals surface area (Å²) in [5, 5.41) is 8.54. The minimum Gasteiger partial charge on any atom is -0.309 e. The monoisotopic (exact) mass is 670 g/mol. The number of nitrogens with zero attached hydrogens (tertiary/aromatic N) is 2. The molecule has 10 rings (SSSR count). The molecule has 240 valence electrons. The molecule has 0 atom stereocenters. The lowest BCUT2D eigenvalue weighted by Crippen LogP contribution is -2.24. The molecule has 0 amide bonds. The van der Waals surface area contributed by atoms with Crippen molar-refractivity contribution in [3.05, 3.63) is 188 Å². The van der Waals surface area contributed by atoms with Crippen molar-refractivity contribution in [1.82, 2.24) is 9.38 Å². The van der Waals surface area contributed by atoms with Crippen LogP contribution in [0.3, 0.4) is 0 Å². The number of para-hydroxylation sites is 2. The van der Waals surface area contributed by atoms with Gasteiger partial charge < -0.3 is 4.57 Å².